The number of nitrogens with zero attached hydrogens (tertiary/aromatic N) is 3. The summed E-state index contributed by atoms with van der Waals surface area (Å²) >= 11 is 0. The smallest absolute Gasteiger partial charge is 0.323 e. The Morgan fingerprint density at radius 3 is 2.86 bits per heavy atom. The van der Waals surface area contributed by atoms with Crippen LogP contribution in [0.2, 0.25) is 0 Å². The van der Waals surface area contributed by atoms with E-state index in [1.165, 1.54) is 0 Å². The van der Waals surface area contributed by atoms with Crippen molar-refractivity contribution in [3.63, 3.8) is 0 Å². The molecule has 0 spiro atoms. The van der Waals surface area contributed by atoms with Crippen LogP contribution in [0.1, 0.15) is 12.5 Å². The summed E-state index contributed by atoms with van der Waals surface area (Å²) in [6.45, 7) is 3.00. The van der Waals surface area contributed by atoms with Crippen molar-refractivity contribution in [2.75, 3.05) is 31.3 Å². The minimum absolute atomic E-state index is 0.136. The zero-order valence-corrected chi connectivity index (χ0v) is 12.2. The number of nitrogens with one attached hydrogen (secondary N) is 1. The summed E-state index contributed by atoms with van der Waals surface area (Å²) in [6.07, 6.45) is 0.812. The Balaban J connectivity index is 1.93. The van der Waals surface area contributed by atoms with E-state index in [9.17, 15) is 0 Å². The van der Waals surface area contributed by atoms with E-state index in [0.29, 0.717) is 19.1 Å². The Morgan fingerprint density at radius 2 is 2.10 bits per heavy atom. The molecular formula is C14H19N5O2. The highest BCUT2D eigenvalue weighted by molar-refractivity contribution is 5.33. The first-order chi connectivity index (χ1) is 10.2. The first kappa shape index (κ1) is 14.8. The number of ether oxygens (including phenoxy) is 2. The van der Waals surface area contributed by atoms with Gasteiger partial charge in [-0.05, 0) is 31.0 Å². The minimum atomic E-state index is 0.136. The maximum atomic E-state index is 5.61. The topological polar surface area (TPSA) is 95.2 Å². The van der Waals surface area contributed by atoms with Gasteiger partial charge in [0.25, 0.3) is 0 Å². The van der Waals surface area contributed by atoms with E-state index in [1.54, 1.807) is 7.11 Å². The Hall–Kier alpha value is -2.57. The maximum absolute atomic E-state index is 5.61. The Morgan fingerprint density at radius 1 is 1.24 bits per heavy atom. The van der Waals surface area contributed by atoms with E-state index in [0.717, 1.165) is 17.7 Å². The lowest BCUT2D eigenvalue weighted by atomic mass is 10.1. The molecule has 3 N–H and O–H groups in total. The number of anilines is 2. The predicted octanol–water partition coefficient (Wildman–Crippen LogP) is 1.52. The molecule has 7 nitrogen and oxygen atoms in total. The molecule has 0 aliphatic heterocycles. The lowest BCUT2D eigenvalue weighted by Gasteiger charge is -2.08. The van der Waals surface area contributed by atoms with Gasteiger partial charge in [-0.1, -0.05) is 12.1 Å². The lowest BCUT2D eigenvalue weighted by Crippen LogP contribution is -2.11. The van der Waals surface area contributed by atoms with E-state index in [2.05, 4.69) is 20.3 Å². The second-order valence-corrected chi connectivity index (χ2v) is 4.26. The fourth-order valence-corrected chi connectivity index (χ4v) is 1.79. The van der Waals surface area contributed by atoms with Gasteiger partial charge in [0.05, 0.1) is 13.7 Å². The molecule has 0 amide bonds. The molecule has 1 heterocycles. The van der Waals surface area contributed by atoms with Gasteiger partial charge in [0.15, 0.2) is 0 Å². The number of aromatic nitrogens is 3. The van der Waals surface area contributed by atoms with Gasteiger partial charge in [-0.3, -0.25) is 0 Å². The monoisotopic (exact) mass is 289 g/mol. The number of hydrogen-bond donors (Lipinski definition) is 2. The average molecular weight is 289 g/mol. The van der Waals surface area contributed by atoms with Crippen LogP contribution in [0.5, 0.6) is 11.8 Å². The molecule has 0 bridgehead atoms. The van der Waals surface area contributed by atoms with Crippen LogP contribution in [0.25, 0.3) is 0 Å². The summed E-state index contributed by atoms with van der Waals surface area (Å²) in [7, 11) is 1.65. The molecule has 112 valence electrons. The minimum Gasteiger partial charge on any atom is -0.497 e. The summed E-state index contributed by atoms with van der Waals surface area (Å²) in [5, 5.41) is 3.11. The largest absolute Gasteiger partial charge is 0.497 e. The molecule has 0 radical (unpaired) electrons. The van der Waals surface area contributed by atoms with E-state index in [4.69, 9.17) is 15.2 Å². The molecule has 1 aromatic heterocycles. The van der Waals surface area contributed by atoms with Gasteiger partial charge in [0.1, 0.15) is 5.75 Å². The standard InChI is InChI=1S/C14H19N5O2/c1-3-21-14-18-12(15)17-13(19-14)16-8-7-10-5-4-6-11(9-10)20-2/h4-6,9H,3,7-8H2,1-2H3,(H3,15,16,17,18,19). The molecule has 0 fully saturated rings. The fraction of sp³-hybridized carbons (Fsp3) is 0.357. The van der Waals surface area contributed by atoms with Crippen molar-refractivity contribution in [3.8, 4) is 11.8 Å². The van der Waals surface area contributed by atoms with Crippen LogP contribution in [-0.4, -0.2) is 35.2 Å². The highest BCUT2D eigenvalue weighted by Crippen LogP contribution is 2.13. The number of nitrogens with two attached hydrogens (primary N) is 1. The molecular weight excluding hydrogens is 270 g/mol. The van der Waals surface area contributed by atoms with Gasteiger partial charge in [0.2, 0.25) is 11.9 Å². The van der Waals surface area contributed by atoms with Gasteiger partial charge in [0, 0.05) is 6.54 Å². The summed E-state index contributed by atoms with van der Waals surface area (Å²) in [5.41, 5.74) is 6.77. The third-order valence-electron chi connectivity index (χ3n) is 2.74. The first-order valence-corrected chi connectivity index (χ1v) is 6.72. The maximum Gasteiger partial charge on any atom is 0.323 e. The van der Waals surface area contributed by atoms with E-state index in [-0.39, 0.29) is 12.0 Å². The Kier molecular flexibility index (Phi) is 5.14. The fourth-order valence-electron chi connectivity index (χ4n) is 1.79. The summed E-state index contributed by atoms with van der Waals surface area (Å²) in [6, 6.07) is 8.14. The second kappa shape index (κ2) is 7.28. The van der Waals surface area contributed by atoms with Crippen molar-refractivity contribution in [3.05, 3.63) is 29.8 Å². The number of nitrogen functional groups attached to an aromatic ring is 1. The van der Waals surface area contributed by atoms with Crippen molar-refractivity contribution >= 4 is 11.9 Å². The first-order valence-electron chi connectivity index (χ1n) is 6.72. The number of hydrogen-bond acceptors (Lipinski definition) is 7. The summed E-state index contributed by atoms with van der Waals surface area (Å²) < 4.78 is 10.4. The number of benzene rings is 1. The van der Waals surface area contributed by atoms with Crippen molar-refractivity contribution in [2.45, 2.75) is 13.3 Å². The number of rotatable bonds is 7. The van der Waals surface area contributed by atoms with Crippen LogP contribution < -0.4 is 20.5 Å². The van der Waals surface area contributed by atoms with E-state index >= 15 is 0 Å². The van der Waals surface area contributed by atoms with Gasteiger partial charge < -0.3 is 20.5 Å². The van der Waals surface area contributed by atoms with Crippen LogP contribution in [0, 0.1) is 0 Å². The molecule has 0 atom stereocenters. The average Bonchev–Trinajstić information content (AvgIpc) is 2.47. The Bertz CT molecular complexity index is 591. The molecule has 0 unspecified atom stereocenters. The van der Waals surface area contributed by atoms with E-state index in [1.807, 2.05) is 31.2 Å². The molecule has 2 rings (SSSR count). The molecule has 1 aromatic carbocycles. The van der Waals surface area contributed by atoms with Crippen molar-refractivity contribution in [2.24, 2.45) is 0 Å². The molecule has 0 aliphatic rings. The summed E-state index contributed by atoms with van der Waals surface area (Å²) in [5.74, 6) is 1.39. The second-order valence-electron chi connectivity index (χ2n) is 4.26. The van der Waals surface area contributed by atoms with Crippen LogP contribution in [0.4, 0.5) is 11.9 Å². The molecule has 21 heavy (non-hydrogen) atoms. The summed E-state index contributed by atoms with van der Waals surface area (Å²) in [4.78, 5) is 12.0. The van der Waals surface area contributed by atoms with Crippen molar-refractivity contribution in [1.82, 2.24) is 15.0 Å². The molecule has 0 saturated heterocycles. The van der Waals surface area contributed by atoms with Gasteiger partial charge in [-0.25, -0.2) is 0 Å². The van der Waals surface area contributed by atoms with Crippen molar-refractivity contribution < 1.29 is 9.47 Å². The van der Waals surface area contributed by atoms with Crippen molar-refractivity contribution in [1.29, 1.82) is 0 Å². The quantitative estimate of drug-likeness (QED) is 0.797. The Labute approximate surface area is 123 Å². The SMILES string of the molecule is CCOc1nc(N)nc(NCCc2cccc(OC)c2)n1. The molecule has 2 aromatic rings. The normalized spacial score (nSPS) is 10.2. The van der Waals surface area contributed by atoms with Crippen LogP contribution in [0.15, 0.2) is 24.3 Å². The number of methoxy groups -OCH3 is 1. The highest BCUT2D eigenvalue weighted by Gasteiger charge is 2.04. The van der Waals surface area contributed by atoms with Crippen LogP contribution in [0.3, 0.4) is 0 Å². The zero-order chi connectivity index (χ0) is 15.1. The van der Waals surface area contributed by atoms with Gasteiger partial charge >= 0.3 is 6.01 Å². The van der Waals surface area contributed by atoms with Gasteiger partial charge in [-0.2, -0.15) is 15.0 Å². The third kappa shape index (κ3) is 4.48. The highest BCUT2D eigenvalue weighted by atomic mass is 16.5. The van der Waals surface area contributed by atoms with Crippen LogP contribution >= 0.6 is 0 Å². The third-order valence-corrected chi connectivity index (χ3v) is 2.74. The predicted molar refractivity (Wildman–Crippen MR) is 80.6 cm³/mol. The van der Waals surface area contributed by atoms with E-state index < -0.39 is 0 Å². The molecule has 0 aliphatic carbocycles. The van der Waals surface area contributed by atoms with Crippen LogP contribution in [-0.2, 0) is 6.42 Å². The zero-order valence-electron chi connectivity index (χ0n) is 12.2. The molecule has 0 saturated carbocycles. The lowest BCUT2D eigenvalue weighted by molar-refractivity contribution is 0.312. The van der Waals surface area contributed by atoms with Gasteiger partial charge in [-0.15, -0.1) is 0 Å². The molecule has 7 heteroatoms.